The lowest BCUT2D eigenvalue weighted by Gasteiger charge is -2.16. The third kappa shape index (κ3) is 5.40. The van der Waals surface area contributed by atoms with Gasteiger partial charge in [0.1, 0.15) is 6.04 Å². The van der Waals surface area contributed by atoms with Crippen LogP contribution < -0.4 is 10.6 Å². The monoisotopic (exact) mass is 278 g/mol. The zero-order valence-electron chi connectivity index (χ0n) is 12.2. The number of aryl methyl sites for hydroxylation is 1. The Bertz CT molecular complexity index is 443. The summed E-state index contributed by atoms with van der Waals surface area (Å²) in [5.41, 5.74) is 2.42. The molecule has 0 radical (unpaired) electrons. The first-order valence-corrected chi connectivity index (χ1v) is 6.70. The zero-order valence-corrected chi connectivity index (χ0v) is 12.2. The third-order valence-corrected chi connectivity index (χ3v) is 2.97. The van der Waals surface area contributed by atoms with Crippen molar-refractivity contribution in [2.24, 2.45) is 0 Å². The van der Waals surface area contributed by atoms with E-state index in [1.807, 2.05) is 0 Å². The molecule has 0 aromatic heterocycles. The van der Waals surface area contributed by atoms with Crippen molar-refractivity contribution in [1.82, 2.24) is 10.6 Å². The molecule has 1 unspecified atom stereocenters. The molecule has 110 valence electrons. The molecule has 0 saturated heterocycles. The minimum absolute atomic E-state index is 0.255. The van der Waals surface area contributed by atoms with E-state index in [1.54, 1.807) is 0 Å². The molecule has 0 aliphatic carbocycles. The summed E-state index contributed by atoms with van der Waals surface area (Å²) in [4.78, 5) is 22.5. The Morgan fingerprint density at radius 3 is 2.30 bits per heavy atom. The molecule has 0 aliphatic rings. The fraction of sp³-hybridized carbons (Fsp3) is 0.467. The van der Waals surface area contributed by atoms with Gasteiger partial charge in [-0.1, -0.05) is 31.2 Å². The van der Waals surface area contributed by atoms with E-state index in [-0.39, 0.29) is 5.91 Å². The van der Waals surface area contributed by atoms with Gasteiger partial charge in [-0.05, 0) is 17.5 Å². The fourth-order valence-corrected chi connectivity index (χ4v) is 1.83. The summed E-state index contributed by atoms with van der Waals surface area (Å²) in [5, 5.41) is 5.70. The topological polar surface area (TPSA) is 67.4 Å². The normalized spacial score (nSPS) is 11.8. The van der Waals surface area contributed by atoms with Gasteiger partial charge in [0.15, 0.2) is 0 Å². The number of hydrogen-bond donors (Lipinski definition) is 2. The van der Waals surface area contributed by atoms with Crippen molar-refractivity contribution in [2.45, 2.75) is 32.9 Å². The molecular formula is C15H22N2O3. The van der Waals surface area contributed by atoms with Crippen LogP contribution in [0.4, 0.5) is 0 Å². The second-order valence-corrected chi connectivity index (χ2v) is 4.58. The van der Waals surface area contributed by atoms with Gasteiger partial charge in [0.05, 0.1) is 7.11 Å². The molecule has 5 nitrogen and oxygen atoms in total. The largest absolute Gasteiger partial charge is 0.467 e. The van der Waals surface area contributed by atoms with Crippen molar-refractivity contribution in [3.05, 3.63) is 35.4 Å². The Hall–Kier alpha value is -1.88. The van der Waals surface area contributed by atoms with Gasteiger partial charge in [-0.25, -0.2) is 4.79 Å². The van der Waals surface area contributed by atoms with Gasteiger partial charge in [-0.3, -0.25) is 4.79 Å². The predicted octanol–water partition coefficient (Wildman–Crippen LogP) is 1.02. The Morgan fingerprint density at radius 1 is 1.20 bits per heavy atom. The van der Waals surface area contributed by atoms with Gasteiger partial charge in [-0.15, -0.1) is 0 Å². The summed E-state index contributed by atoms with van der Waals surface area (Å²) in [5.74, 6) is -0.705. The van der Waals surface area contributed by atoms with Crippen molar-refractivity contribution in [3.8, 4) is 0 Å². The first-order chi connectivity index (χ1) is 9.56. The summed E-state index contributed by atoms with van der Waals surface area (Å²) in [7, 11) is 1.31. The summed E-state index contributed by atoms with van der Waals surface area (Å²) < 4.78 is 4.65. The number of hydrogen-bond acceptors (Lipinski definition) is 4. The van der Waals surface area contributed by atoms with Crippen molar-refractivity contribution >= 4 is 11.9 Å². The zero-order chi connectivity index (χ0) is 15.0. The molecule has 1 aromatic rings. The van der Waals surface area contributed by atoms with Gasteiger partial charge < -0.3 is 15.4 Å². The summed E-state index contributed by atoms with van der Waals surface area (Å²) in [6, 6.07) is 7.62. The molecule has 1 atom stereocenters. The van der Waals surface area contributed by atoms with Crippen LogP contribution in [0.25, 0.3) is 0 Å². The number of carbonyl (C=O) groups is 2. The van der Waals surface area contributed by atoms with Crippen LogP contribution in [0.1, 0.15) is 25.0 Å². The maximum absolute atomic E-state index is 11.5. The summed E-state index contributed by atoms with van der Waals surface area (Å²) in [6.45, 7) is 4.46. The fourth-order valence-electron chi connectivity index (χ4n) is 1.83. The van der Waals surface area contributed by atoms with E-state index in [4.69, 9.17) is 0 Å². The SMILES string of the molecule is CCc1ccc(CNCC(NC(C)=O)C(=O)OC)cc1. The van der Waals surface area contributed by atoms with E-state index in [0.717, 1.165) is 12.0 Å². The van der Waals surface area contributed by atoms with Crippen LogP contribution in [0.5, 0.6) is 0 Å². The van der Waals surface area contributed by atoms with Crippen LogP contribution in [0.15, 0.2) is 24.3 Å². The Balaban J connectivity index is 2.46. The molecule has 1 rings (SSSR count). The van der Waals surface area contributed by atoms with Crippen molar-refractivity contribution in [2.75, 3.05) is 13.7 Å². The number of ether oxygens (including phenoxy) is 1. The highest BCUT2D eigenvalue weighted by Gasteiger charge is 2.19. The molecule has 0 fully saturated rings. The highest BCUT2D eigenvalue weighted by Crippen LogP contribution is 2.04. The number of amides is 1. The first kappa shape index (κ1) is 16.2. The highest BCUT2D eigenvalue weighted by molar-refractivity contribution is 5.83. The standard InChI is InChI=1S/C15H22N2O3/c1-4-12-5-7-13(8-6-12)9-16-10-14(15(19)20-3)17-11(2)18/h5-8,14,16H,4,9-10H2,1-3H3,(H,17,18). The molecule has 0 heterocycles. The van der Waals surface area contributed by atoms with Crippen molar-refractivity contribution in [3.63, 3.8) is 0 Å². The lowest BCUT2D eigenvalue weighted by atomic mass is 10.1. The Morgan fingerprint density at radius 2 is 1.80 bits per heavy atom. The van der Waals surface area contributed by atoms with E-state index in [0.29, 0.717) is 13.1 Å². The Labute approximate surface area is 119 Å². The van der Waals surface area contributed by atoms with Crippen LogP contribution >= 0.6 is 0 Å². The average Bonchev–Trinajstić information content (AvgIpc) is 2.45. The molecule has 20 heavy (non-hydrogen) atoms. The molecule has 1 aromatic carbocycles. The van der Waals surface area contributed by atoms with Crippen LogP contribution in [0.3, 0.4) is 0 Å². The predicted molar refractivity (Wildman–Crippen MR) is 77.1 cm³/mol. The molecule has 2 N–H and O–H groups in total. The van der Waals surface area contributed by atoms with Gasteiger partial charge >= 0.3 is 5.97 Å². The molecule has 1 amide bonds. The summed E-state index contributed by atoms with van der Waals surface area (Å²) in [6.07, 6.45) is 1.01. The van der Waals surface area contributed by atoms with Gasteiger partial charge in [0.2, 0.25) is 5.91 Å². The molecule has 5 heteroatoms. The lowest BCUT2D eigenvalue weighted by molar-refractivity contribution is -0.144. The molecule has 0 saturated carbocycles. The molecular weight excluding hydrogens is 256 g/mol. The maximum atomic E-state index is 11.5. The van der Waals surface area contributed by atoms with E-state index in [1.165, 1.54) is 19.6 Å². The second kappa shape index (κ2) is 8.32. The quantitative estimate of drug-likeness (QED) is 0.731. The number of benzene rings is 1. The van der Waals surface area contributed by atoms with Crippen LogP contribution in [-0.2, 0) is 27.3 Å². The van der Waals surface area contributed by atoms with E-state index in [2.05, 4.69) is 46.6 Å². The van der Waals surface area contributed by atoms with Crippen LogP contribution in [0.2, 0.25) is 0 Å². The number of methoxy groups -OCH3 is 1. The molecule has 0 spiro atoms. The highest BCUT2D eigenvalue weighted by atomic mass is 16.5. The van der Waals surface area contributed by atoms with Crippen molar-refractivity contribution in [1.29, 1.82) is 0 Å². The maximum Gasteiger partial charge on any atom is 0.329 e. The van der Waals surface area contributed by atoms with Crippen LogP contribution in [-0.4, -0.2) is 31.6 Å². The number of carbonyl (C=O) groups excluding carboxylic acids is 2. The van der Waals surface area contributed by atoms with E-state index in [9.17, 15) is 9.59 Å². The van der Waals surface area contributed by atoms with Gasteiger partial charge in [-0.2, -0.15) is 0 Å². The summed E-state index contributed by atoms with van der Waals surface area (Å²) >= 11 is 0. The van der Waals surface area contributed by atoms with Crippen molar-refractivity contribution < 1.29 is 14.3 Å². The van der Waals surface area contributed by atoms with Gasteiger partial charge in [0.25, 0.3) is 0 Å². The number of rotatable bonds is 7. The lowest BCUT2D eigenvalue weighted by Crippen LogP contribution is -2.46. The van der Waals surface area contributed by atoms with E-state index < -0.39 is 12.0 Å². The average molecular weight is 278 g/mol. The number of esters is 1. The van der Waals surface area contributed by atoms with Gasteiger partial charge in [0, 0.05) is 20.0 Å². The molecule has 0 bridgehead atoms. The third-order valence-electron chi connectivity index (χ3n) is 2.97. The molecule has 0 aliphatic heterocycles. The number of nitrogens with one attached hydrogen (secondary N) is 2. The Kier molecular flexibility index (Phi) is 6.73. The van der Waals surface area contributed by atoms with Crippen LogP contribution in [0, 0.1) is 0 Å². The first-order valence-electron chi connectivity index (χ1n) is 6.70. The van der Waals surface area contributed by atoms with E-state index >= 15 is 0 Å². The smallest absolute Gasteiger partial charge is 0.329 e. The minimum atomic E-state index is -0.660. The minimum Gasteiger partial charge on any atom is -0.467 e. The second-order valence-electron chi connectivity index (χ2n) is 4.58.